The Hall–Kier alpha value is -2.61. The summed E-state index contributed by atoms with van der Waals surface area (Å²) in [5.74, 6) is 1.12. The maximum atomic E-state index is 12.5. The van der Waals surface area contributed by atoms with Crippen molar-refractivity contribution in [3.05, 3.63) is 34.4 Å². The fraction of sp³-hybridized carbons (Fsp3) is 0.353. The molecule has 0 unspecified atom stereocenters. The Balaban J connectivity index is 1.78. The van der Waals surface area contributed by atoms with Crippen LogP contribution >= 0.6 is 11.3 Å². The molecular formula is C17H18N4O3S. The number of benzene rings is 1. The Morgan fingerprint density at radius 1 is 1.28 bits per heavy atom. The molecule has 0 spiro atoms. The van der Waals surface area contributed by atoms with Gasteiger partial charge in [-0.1, -0.05) is 11.3 Å². The second-order valence-electron chi connectivity index (χ2n) is 5.81. The van der Waals surface area contributed by atoms with Crippen LogP contribution in [-0.2, 0) is 13.6 Å². The fourth-order valence-corrected chi connectivity index (χ4v) is 3.88. The topological polar surface area (TPSA) is 70.6 Å². The summed E-state index contributed by atoms with van der Waals surface area (Å²) in [6.45, 7) is 5.73. The molecule has 0 saturated heterocycles. The SMILES string of the molecule is CCn1nc(C(=O)N=c2sc3cc4c(cc3n2C)OCCO4)cc1C. The van der Waals surface area contributed by atoms with Crippen molar-refractivity contribution in [1.29, 1.82) is 0 Å². The number of amides is 1. The average Bonchev–Trinajstić information content (AvgIpc) is 3.13. The summed E-state index contributed by atoms with van der Waals surface area (Å²) in [5.41, 5.74) is 2.27. The number of carbonyl (C=O) groups is 1. The minimum Gasteiger partial charge on any atom is -0.486 e. The maximum absolute atomic E-state index is 12.5. The highest BCUT2D eigenvalue weighted by Gasteiger charge is 2.16. The summed E-state index contributed by atoms with van der Waals surface area (Å²) in [7, 11) is 1.89. The predicted molar refractivity (Wildman–Crippen MR) is 94.3 cm³/mol. The first-order valence-electron chi connectivity index (χ1n) is 8.09. The Morgan fingerprint density at radius 2 is 2.00 bits per heavy atom. The summed E-state index contributed by atoms with van der Waals surface area (Å²) >= 11 is 1.44. The molecular weight excluding hydrogens is 340 g/mol. The van der Waals surface area contributed by atoms with Crippen molar-refractivity contribution >= 4 is 27.5 Å². The van der Waals surface area contributed by atoms with Crippen LogP contribution < -0.4 is 14.3 Å². The molecule has 2 aromatic heterocycles. The van der Waals surface area contributed by atoms with E-state index in [1.54, 1.807) is 10.7 Å². The number of fused-ring (bicyclic) bond motifs is 2. The Kier molecular flexibility index (Phi) is 3.84. The first kappa shape index (κ1) is 15.9. The number of aromatic nitrogens is 3. The van der Waals surface area contributed by atoms with E-state index in [1.165, 1.54) is 11.3 Å². The van der Waals surface area contributed by atoms with Gasteiger partial charge < -0.3 is 14.0 Å². The summed E-state index contributed by atoms with van der Waals surface area (Å²) in [4.78, 5) is 17.4. The maximum Gasteiger partial charge on any atom is 0.300 e. The second-order valence-corrected chi connectivity index (χ2v) is 6.82. The molecule has 1 aliphatic rings. The number of ether oxygens (including phenoxy) is 2. The molecule has 0 bridgehead atoms. The van der Waals surface area contributed by atoms with Crippen LogP contribution in [-0.4, -0.2) is 33.5 Å². The largest absolute Gasteiger partial charge is 0.486 e. The summed E-state index contributed by atoms with van der Waals surface area (Å²) < 4.78 is 15.9. The van der Waals surface area contributed by atoms with Gasteiger partial charge in [0.05, 0.1) is 10.2 Å². The summed E-state index contributed by atoms with van der Waals surface area (Å²) in [6.07, 6.45) is 0. The molecule has 3 heterocycles. The van der Waals surface area contributed by atoms with E-state index < -0.39 is 0 Å². The van der Waals surface area contributed by atoms with Crippen molar-refractivity contribution in [2.45, 2.75) is 20.4 Å². The molecule has 130 valence electrons. The number of nitrogens with zero attached hydrogens (tertiary/aromatic N) is 4. The average molecular weight is 358 g/mol. The number of aryl methyl sites for hydroxylation is 3. The molecule has 8 heteroatoms. The Morgan fingerprint density at radius 3 is 2.68 bits per heavy atom. The van der Waals surface area contributed by atoms with Crippen molar-refractivity contribution in [3.63, 3.8) is 0 Å². The van der Waals surface area contributed by atoms with E-state index in [9.17, 15) is 4.79 Å². The van der Waals surface area contributed by atoms with Gasteiger partial charge in [-0.2, -0.15) is 10.1 Å². The van der Waals surface area contributed by atoms with Gasteiger partial charge in [-0.25, -0.2) is 0 Å². The van der Waals surface area contributed by atoms with Crippen molar-refractivity contribution < 1.29 is 14.3 Å². The molecule has 3 aromatic rings. The normalized spacial score (nSPS) is 14.3. The standard InChI is InChI=1S/C17H18N4O3S/c1-4-21-10(2)7-11(19-21)16(22)18-17-20(3)12-8-13-14(9-15(12)25-17)24-6-5-23-13/h7-9H,4-6H2,1-3H3. The molecule has 4 rings (SSSR count). The van der Waals surface area contributed by atoms with Crippen molar-refractivity contribution in [2.75, 3.05) is 13.2 Å². The van der Waals surface area contributed by atoms with E-state index in [0.29, 0.717) is 23.7 Å². The zero-order valence-corrected chi connectivity index (χ0v) is 15.1. The fourth-order valence-electron chi connectivity index (χ4n) is 2.85. The molecule has 0 radical (unpaired) electrons. The van der Waals surface area contributed by atoms with Gasteiger partial charge >= 0.3 is 0 Å². The number of hydrogen-bond donors (Lipinski definition) is 0. The van der Waals surface area contributed by atoms with Gasteiger partial charge in [-0.15, -0.1) is 0 Å². The van der Waals surface area contributed by atoms with E-state index >= 15 is 0 Å². The van der Waals surface area contributed by atoms with Gasteiger partial charge in [0.15, 0.2) is 22.0 Å². The predicted octanol–water partition coefficient (Wildman–Crippen LogP) is 2.28. The van der Waals surface area contributed by atoms with Gasteiger partial charge in [-0.3, -0.25) is 9.48 Å². The third kappa shape index (κ3) is 2.72. The molecule has 0 aliphatic carbocycles. The van der Waals surface area contributed by atoms with E-state index in [0.717, 1.165) is 34.0 Å². The van der Waals surface area contributed by atoms with Gasteiger partial charge in [0, 0.05) is 31.4 Å². The Bertz CT molecular complexity index is 1040. The minimum absolute atomic E-state index is 0.338. The van der Waals surface area contributed by atoms with Crippen LogP contribution in [0, 0.1) is 6.92 Å². The number of thiazole rings is 1. The van der Waals surface area contributed by atoms with Crippen molar-refractivity contribution in [3.8, 4) is 11.5 Å². The number of hydrogen-bond acceptors (Lipinski definition) is 5. The van der Waals surface area contributed by atoms with Gasteiger partial charge in [0.2, 0.25) is 0 Å². The van der Waals surface area contributed by atoms with Gasteiger partial charge in [0.25, 0.3) is 5.91 Å². The molecule has 0 N–H and O–H groups in total. The lowest BCUT2D eigenvalue weighted by molar-refractivity contribution is 0.0992. The van der Waals surface area contributed by atoms with E-state index in [1.807, 2.05) is 37.6 Å². The lowest BCUT2D eigenvalue weighted by atomic mass is 10.3. The summed E-state index contributed by atoms with van der Waals surface area (Å²) in [5, 5.41) is 4.30. The highest BCUT2D eigenvalue weighted by molar-refractivity contribution is 7.16. The third-order valence-corrected chi connectivity index (χ3v) is 5.26. The van der Waals surface area contributed by atoms with Gasteiger partial charge in [-0.05, 0) is 19.9 Å². The molecule has 7 nitrogen and oxygen atoms in total. The molecule has 1 amide bonds. The molecule has 0 fully saturated rings. The van der Waals surface area contributed by atoms with Crippen LogP contribution in [0.3, 0.4) is 0 Å². The van der Waals surface area contributed by atoms with E-state index in [2.05, 4.69) is 10.1 Å². The zero-order valence-electron chi connectivity index (χ0n) is 14.3. The molecule has 0 atom stereocenters. The molecule has 1 aliphatic heterocycles. The first-order chi connectivity index (χ1) is 12.1. The van der Waals surface area contributed by atoms with Crippen LogP contribution in [0.15, 0.2) is 23.2 Å². The highest BCUT2D eigenvalue weighted by Crippen LogP contribution is 2.35. The minimum atomic E-state index is -0.338. The monoisotopic (exact) mass is 358 g/mol. The second kappa shape index (κ2) is 6.03. The molecule has 0 saturated carbocycles. The lowest BCUT2D eigenvalue weighted by Gasteiger charge is -2.18. The smallest absolute Gasteiger partial charge is 0.300 e. The third-order valence-electron chi connectivity index (χ3n) is 4.17. The molecule has 1 aromatic carbocycles. The van der Waals surface area contributed by atoms with E-state index in [4.69, 9.17) is 9.47 Å². The van der Waals surface area contributed by atoms with Crippen LogP contribution in [0.1, 0.15) is 23.1 Å². The Labute approximate surface area is 148 Å². The van der Waals surface area contributed by atoms with Crippen LogP contribution in [0.4, 0.5) is 0 Å². The molecule has 25 heavy (non-hydrogen) atoms. The van der Waals surface area contributed by atoms with Crippen LogP contribution in [0.5, 0.6) is 11.5 Å². The number of rotatable bonds is 2. The lowest BCUT2D eigenvalue weighted by Crippen LogP contribution is -2.16. The quantitative estimate of drug-likeness (QED) is 0.705. The van der Waals surface area contributed by atoms with Crippen molar-refractivity contribution in [1.82, 2.24) is 14.3 Å². The van der Waals surface area contributed by atoms with E-state index in [-0.39, 0.29) is 5.91 Å². The van der Waals surface area contributed by atoms with Crippen LogP contribution in [0.25, 0.3) is 10.2 Å². The first-order valence-corrected chi connectivity index (χ1v) is 8.91. The van der Waals surface area contributed by atoms with Gasteiger partial charge in [0.1, 0.15) is 13.2 Å². The number of carbonyl (C=O) groups excluding carboxylic acids is 1. The zero-order chi connectivity index (χ0) is 17.6. The highest BCUT2D eigenvalue weighted by atomic mass is 32.1. The van der Waals surface area contributed by atoms with Crippen molar-refractivity contribution in [2.24, 2.45) is 12.0 Å². The van der Waals surface area contributed by atoms with Crippen LogP contribution in [0.2, 0.25) is 0 Å². The summed E-state index contributed by atoms with van der Waals surface area (Å²) in [6, 6.07) is 5.64.